The van der Waals surface area contributed by atoms with Crippen molar-refractivity contribution < 1.29 is 42.1 Å². The highest BCUT2D eigenvalue weighted by Gasteiger charge is 2.22. The van der Waals surface area contributed by atoms with Crippen LogP contribution >= 0.6 is 7.82 Å². The maximum atomic E-state index is 12.8. The number of carbonyl (C=O) groups excluding carboxylic acids is 2. The van der Waals surface area contributed by atoms with Crippen LogP contribution in [0.25, 0.3) is 0 Å². The van der Waals surface area contributed by atoms with Crippen molar-refractivity contribution in [1.29, 1.82) is 0 Å². The number of carbonyl (C=O) groups is 2. The molecule has 0 saturated heterocycles. The minimum Gasteiger partial charge on any atom is -0.756 e. The fourth-order valence-corrected chi connectivity index (χ4v) is 9.31. The molecule has 0 amide bonds. The Bertz CT molecular complexity index is 1420. The van der Waals surface area contributed by atoms with Crippen molar-refractivity contribution in [2.45, 2.75) is 283 Å². The van der Waals surface area contributed by atoms with E-state index in [2.05, 4.69) is 74.6 Å². The van der Waals surface area contributed by atoms with Crippen LogP contribution in [0.1, 0.15) is 277 Å². The minimum atomic E-state index is -4.64. The number of allylic oxidation sites excluding steroid dienone is 10. The number of unbranched alkanes of at least 4 members (excludes halogenated alkanes) is 32. The van der Waals surface area contributed by atoms with Gasteiger partial charge in [0.15, 0.2) is 6.10 Å². The number of phosphoric ester groups is 1. The molecule has 0 aromatic heterocycles. The average molecular weight is 1050 g/mol. The van der Waals surface area contributed by atoms with Gasteiger partial charge in [-0.3, -0.25) is 14.2 Å². The van der Waals surface area contributed by atoms with E-state index in [1.165, 1.54) is 167 Å². The van der Waals surface area contributed by atoms with Crippen molar-refractivity contribution in [2.75, 3.05) is 47.5 Å². The SMILES string of the molecule is CC/C=C\C/C=C\C/C=C\C/C=C\CCCCCCCCCCCCCCCCCCCCC(=O)OC(COC(=O)CCCCCCCCC/C=C\CCCCCCCCC)COP(=O)([O-])OCC[N+](C)(C)C. The van der Waals surface area contributed by atoms with E-state index >= 15 is 0 Å². The van der Waals surface area contributed by atoms with Crippen molar-refractivity contribution in [3.8, 4) is 0 Å². The van der Waals surface area contributed by atoms with E-state index in [1.54, 1.807) is 0 Å². The Morgan fingerprint density at radius 2 is 0.781 bits per heavy atom. The standard InChI is InChI=1S/C63H116NO8P/c1-6-8-10-12-14-16-18-20-22-24-26-27-28-29-30-31-32-33-34-35-36-37-38-40-42-44-46-48-50-52-54-56-63(66)72-61(60-71-73(67,68)70-58-57-64(3,4)5)59-69-62(65)55-53-51-49-47-45-43-41-39-25-23-21-19-17-15-13-11-9-7-2/h8,10,14,16,20,22-23,25-27,61H,6-7,9,11-13,15,17-19,21,24,28-60H2,1-5H3/b10-8-,16-14-,22-20-,25-23-,27-26-. The van der Waals surface area contributed by atoms with Crippen LogP contribution in [-0.2, 0) is 32.7 Å². The summed E-state index contributed by atoms with van der Waals surface area (Å²) in [6.45, 7) is 4.15. The van der Waals surface area contributed by atoms with E-state index in [1.807, 2.05) is 21.1 Å². The van der Waals surface area contributed by atoms with E-state index in [4.69, 9.17) is 18.5 Å². The summed E-state index contributed by atoms with van der Waals surface area (Å²) in [7, 11) is 1.17. The first-order valence-corrected chi connectivity index (χ1v) is 32.0. The lowest BCUT2D eigenvalue weighted by molar-refractivity contribution is -0.870. The monoisotopic (exact) mass is 1050 g/mol. The normalized spacial score (nSPS) is 13.7. The third-order valence-electron chi connectivity index (χ3n) is 13.3. The van der Waals surface area contributed by atoms with Crippen LogP contribution < -0.4 is 4.89 Å². The summed E-state index contributed by atoms with van der Waals surface area (Å²) >= 11 is 0. The maximum Gasteiger partial charge on any atom is 0.306 e. The molecule has 10 heteroatoms. The molecule has 2 atom stereocenters. The fraction of sp³-hybridized carbons (Fsp3) is 0.810. The largest absolute Gasteiger partial charge is 0.756 e. The van der Waals surface area contributed by atoms with E-state index in [0.717, 1.165) is 77.0 Å². The lowest BCUT2D eigenvalue weighted by atomic mass is 10.0. The van der Waals surface area contributed by atoms with Gasteiger partial charge in [0, 0.05) is 12.8 Å². The zero-order valence-electron chi connectivity index (χ0n) is 48.3. The van der Waals surface area contributed by atoms with Gasteiger partial charge in [0.1, 0.15) is 19.8 Å². The molecule has 0 aromatic carbocycles. The molecular formula is C63H116NO8P. The van der Waals surface area contributed by atoms with Crippen molar-refractivity contribution in [3.05, 3.63) is 60.8 Å². The first-order valence-electron chi connectivity index (χ1n) is 30.5. The Balaban J connectivity index is 4.07. The lowest BCUT2D eigenvalue weighted by Crippen LogP contribution is -2.37. The first-order chi connectivity index (χ1) is 35.5. The summed E-state index contributed by atoms with van der Waals surface area (Å²) < 4.78 is 34.2. The van der Waals surface area contributed by atoms with Gasteiger partial charge in [0.05, 0.1) is 27.7 Å². The van der Waals surface area contributed by atoms with Crippen LogP contribution in [0.3, 0.4) is 0 Å². The van der Waals surface area contributed by atoms with E-state index in [0.29, 0.717) is 17.4 Å². The molecule has 0 radical (unpaired) electrons. The average Bonchev–Trinajstić information content (AvgIpc) is 3.35. The zero-order chi connectivity index (χ0) is 53.5. The number of phosphoric acid groups is 1. The highest BCUT2D eigenvalue weighted by Crippen LogP contribution is 2.38. The molecule has 0 aliphatic carbocycles. The molecule has 9 nitrogen and oxygen atoms in total. The quantitative estimate of drug-likeness (QED) is 0.0195. The van der Waals surface area contributed by atoms with E-state index in [9.17, 15) is 19.0 Å². The zero-order valence-corrected chi connectivity index (χ0v) is 49.2. The number of hydrogen-bond acceptors (Lipinski definition) is 8. The number of rotatable bonds is 56. The first kappa shape index (κ1) is 70.7. The van der Waals surface area contributed by atoms with Gasteiger partial charge in [-0.25, -0.2) is 0 Å². The molecule has 0 bridgehead atoms. The molecule has 0 N–H and O–H groups in total. The second-order valence-corrected chi connectivity index (χ2v) is 23.1. The van der Waals surface area contributed by atoms with Crippen molar-refractivity contribution in [3.63, 3.8) is 0 Å². The summed E-state index contributed by atoms with van der Waals surface area (Å²) in [6, 6.07) is 0. The lowest BCUT2D eigenvalue weighted by Gasteiger charge is -2.28. The topological polar surface area (TPSA) is 111 Å². The Morgan fingerprint density at radius 1 is 0.438 bits per heavy atom. The summed E-state index contributed by atoms with van der Waals surface area (Å²) in [4.78, 5) is 37.9. The molecule has 0 fully saturated rings. The minimum absolute atomic E-state index is 0.0312. The predicted molar refractivity (Wildman–Crippen MR) is 310 cm³/mol. The third kappa shape index (κ3) is 58.8. The highest BCUT2D eigenvalue weighted by molar-refractivity contribution is 7.45. The summed E-state index contributed by atoms with van der Waals surface area (Å²) in [5, 5.41) is 0. The number of hydrogen-bond donors (Lipinski definition) is 0. The Hall–Kier alpha value is -2.29. The Kier molecular flexibility index (Phi) is 52.8. The molecule has 73 heavy (non-hydrogen) atoms. The molecule has 0 spiro atoms. The van der Waals surface area contributed by atoms with Gasteiger partial charge < -0.3 is 27.9 Å². The van der Waals surface area contributed by atoms with E-state index in [-0.39, 0.29) is 32.0 Å². The molecular weight excluding hydrogens is 930 g/mol. The second kappa shape index (κ2) is 54.5. The summed E-state index contributed by atoms with van der Waals surface area (Å²) in [5.41, 5.74) is 0. The van der Waals surface area contributed by atoms with E-state index < -0.39 is 26.5 Å². The summed E-state index contributed by atoms with van der Waals surface area (Å²) in [5.74, 6) is -0.828. The molecule has 0 aromatic rings. The van der Waals surface area contributed by atoms with Crippen LogP contribution in [0, 0.1) is 0 Å². The van der Waals surface area contributed by atoms with Gasteiger partial charge in [-0.1, -0.05) is 248 Å². The Morgan fingerprint density at radius 3 is 1.18 bits per heavy atom. The highest BCUT2D eigenvalue weighted by atomic mass is 31.2. The van der Waals surface area contributed by atoms with Gasteiger partial charge in [-0.05, 0) is 77.0 Å². The molecule has 0 aliphatic rings. The second-order valence-electron chi connectivity index (χ2n) is 21.7. The van der Waals surface area contributed by atoms with Crippen molar-refractivity contribution in [1.82, 2.24) is 0 Å². The van der Waals surface area contributed by atoms with Gasteiger partial charge in [-0.15, -0.1) is 0 Å². The molecule has 0 heterocycles. The summed E-state index contributed by atoms with van der Waals surface area (Å²) in [6.07, 6.45) is 69.9. The molecule has 0 saturated carbocycles. The van der Waals surface area contributed by atoms with Gasteiger partial charge in [-0.2, -0.15) is 0 Å². The van der Waals surface area contributed by atoms with Crippen LogP contribution in [0.15, 0.2) is 60.8 Å². The van der Waals surface area contributed by atoms with Gasteiger partial charge in [0.25, 0.3) is 7.82 Å². The van der Waals surface area contributed by atoms with Crippen LogP contribution in [-0.4, -0.2) is 70.0 Å². The smallest absolute Gasteiger partial charge is 0.306 e. The van der Waals surface area contributed by atoms with Crippen LogP contribution in [0.2, 0.25) is 0 Å². The van der Waals surface area contributed by atoms with Crippen LogP contribution in [0.5, 0.6) is 0 Å². The van der Waals surface area contributed by atoms with Crippen LogP contribution in [0.4, 0.5) is 0 Å². The number of quaternary nitrogens is 1. The molecule has 2 unspecified atom stereocenters. The Labute approximate surface area is 451 Å². The van der Waals surface area contributed by atoms with Crippen molar-refractivity contribution >= 4 is 19.8 Å². The number of ether oxygens (including phenoxy) is 2. The maximum absolute atomic E-state index is 12.8. The number of esters is 2. The van der Waals surface area contributed by atoms with Gasteiger partial charge in [0.2, 0.25) is 0 Å². The van der Waals surface area contributed by atoms with Gasteiger partial charge >= 0.3 is 11.9 Å². The number of likely N-dealkylation sites (N-methyl/N-ethyl adjacent to an activating group) is 1. The molecule has 0 rings (SSSR count). The molecule has 0 aliphatic heterocycles. The fourth-order valence-electron chi connectivity index (χ4n) is 8.59. The third-order valence-corrected chi connectivity index (χ3v) is 14.2. The predicted octanol–water partition coefficient (Wildman–Crippen LogP) is 18.5. The molecule has 426 valence electrons. The van der Waals surface area contributed by atoms with Crippen molar-refractivity contribution in [2.24, 2.45) is 0 Å². The number of nitrogens with zero attached hydrogens (tertiary/aromatic N) is 1.